The van der Waals surface area contributed by atoms with Gasteiger partial charge in [0, 0.05) is 6.54 Å². The van der Waals surface area contributed by atoms with E-state index in [9.17, 15) is 4.79 Å². The van der Waals surface area contributed by atoms with Gasteiger partial charge in [-0.25, -0.2) is 4.90 Å². The fourth-order valence-corrected chi connectivity index (χ4v) is 3.64. The Morgan fingerprint density at radius 2 is 2.05 bits per heavy atom. The lowest BCUT2D eigenvalue weighted by molar-refractivity contribution is -0.165. The Morgan fingerprint density at radius 1 is 1.32 bits per heavy atom. The molecule has 2 heterocycles. The molecule has 2 aliphatic rings. The molecule has 0 aliphatic carbocycles. The topological polar surface area (TPSA) is 38.8 Å². The molecular formula is C15H16Cl3NO3. The Labute approximate surface area is 144 Å². The minimum Gasteiger partial charge on any atom is -0.435 e. The Hall–Kier alpha value is -0.520. The highest BCUT2D eigenvalue weighted by atomic mass is 35.6. The van der Waals surface area contributed by atoms with Crippen molar-refractivity contribution >= 4 is 40.8 Å². The molecule has 4 nitrogen and oxygen atoms in total. The Bertz CT molecular complexity index is 549. The van der Waals surface area contributed by atoms with Crippen LogP contribution >= 0.6 is 34.8 Å². The molecule has 2 aliphatic heterocycles. The molecule has 0 saturated carbocycles. The van der Waals surface area contributed by atoms with Crippen molar-refractivity contribution in [3.05, 3.63) is 35.9 Å². The number of hydrogen-bond acceptors (Lipinski definition) is 4. The summed E-state index contributed by atoms with van der Waals surface area (Å²) in [5, 5.41) is 0. The molecule has 1 aromatic rings. The SMILES string of the molecule is O=C1OC(COCc2ccccc2)(C(Cl)(Cl)Cl)N2CCCC12. The highest BCUT2D eigenvalue weighted by Crippen LogP contribution is 2.49. The first-order valence-electron chi connectivity index (χ1n) is 7.12. The van der Waals surface area contributed by atoms with E-state index in [-0.39, 0.29) is 18.6 Å². The van der Waals surface area contributed by atoms with E-state index < -0.39 is 9.52 Å². The number of rotatable bonds is 4. The van der Waals surface area contributed by atoms with Gasteiger partial charge in [0.2, 0.25) is 9.52 Å². The summed E-state index contributed by atoms with van der Waals surface area (Å²) in [5.41, 5.74) is -0.353. The summed E-state index contributed by atoms with van der Waals surface area (Å²) < 4.78 is 9.42. The van der Waals surface area contributed by atoms with Gasteiger partial charge >= 0.3 is 5.97 Å². The molecule has 0 amide bonds. The van der Waals surface area contributed by atoms with Gasteiger partial charge < -0.3 is 9.47 Å². The van der Waals surface area contributed by atoms with Crippen LogP contribution in [0.2, 0.25) is 0 Å². The minimum absolute atomic E-state index is 0.0145. The number of benzene rings is 1. The molecule has 0 N–H and O–H groups in total. The molecule has 2 saturated heterocycles. The second kappa shape index (κ2) is 6.17. The zero-order chi connectivity index (χ0) is 15.8. The number of carbonyl (C=O) groups is 1. The van der Waals surface area contributed by atoms with E-state index in [1.54, 1.807) is 0 Å². The molecule has 22 heavy (non-hydrogen) atoms. The summed E-state index contributed by atoms with van der Waals surface area (Å²) in [5.74, 6) is -0.341. The second-order valence-electron chi connectivity index (χ2n) is 5.53. The van der Waals surface area contributed by atoms with Crippen LogP contribution in [-0.2, 0) is 20.9 Å². The summed E-state index contributed by atoms with van der Waals surface area (Å²) >= 11 is 18.4. The van der Waals surface area contributed by atoms with Crippen LogP contribution in [0.3, 0.4) is 0 Å². The number of carbonyl (C=O) groups excluding carboxylic acids is 1. The molecule has 2 fully saturated rings. The van der Waals surface area contributed by atoms with Crippen LogP contribution in [0.5, 0.6) is 0 Å². The van der Waals surface area contributed by atoms with E-state index in [1.807, 2.05) is 35.2 Å². The maximum atomic E-state index is 12.1. The summed E-state index contributed by atoms with van der Waals surface area (Å²) in [7, 11) is 0. The molecule has 0 bridgehead atoms. The summed E-state index contributed by atoms with van der Waals surface area (Å²) in [6.07, 6.45) is 1.60. The predicted molar refractivity (Wildman–Crippen MR) is 84.9 cm³/mol. The van der Waals surface area contributed by atoms with Crippen molar-refractivity contribution in [2.24, 2.45) is 0 Å². The van der Waals surface area contributed by atoms with Gasteiger partial charge in [-0.1, -0.05) is 65.1 Å². The third kappa shape index (κ3) is 2.83. The number of fused-ring (bicyclic) bond motifs is 1. The molecule has 7 heteroatoms. The van der Waals surface area contributed by atoms with Crippen LogP contribution in [0.1, 0.15) is 18.4 Å². The second-order valence-corrected chi connectivity index (χ2v) is 7.81. The van der Waals surface area contributed by atoms with Gasteiger partial charge in [0.25, 0.3) is 0 Å². The van der Waals surface area contributed by atoms with Crippen LogP contribution < -0.4 is 0 Å². The Kier molecular flexibility index (Phi) is 4.59. The van der Waals surface area contributed by atoms with Crippen molar-refractivity contribution in [3.63, 3.8) is 0 Å². The first kappa shape index (κ1) is 16.3. The van der Waals surface area contributed by atoms with Gasteiger partial charge in [0.15, 0.2) is 0 Å². The molecule has 0 spiro atoms. The van der Waals surface area contributed by atoms with Gasteiger partial charge in [-0.05, 0) is 18.4 Å². The van der Waals surface area contributed by atoms with Gasteiger partial charge in [0.05, 0.1) is 6.61 Å². The maximum absolute atomic E-state index is 12.1. The summed E-state index contributed by atoms with van der Waals surface area (Å²) in [6.45, 7) is 1.03. The smallest absolute Gasteiger partial charge is 0.325 e. The minimum atomic E-state index is -1.78. The quantitative estimate of drug-likeness (QED) is 0.607. The molecule has 120 valence electrons. The monoisotopic (exact) mass is 363 g/mol. The third-order valence-corrected chi connectivity index (χ3v) is 5.00. The zero-order valence-corrected chi connectivity index (χ0v) is 14.1. The lowest BCUT2D eigenvalue weighted by Gasteiger charge is -2.39. The number of alkyl halides is 3. The van der Waals surface area contributed by atoms with Gasteiger partial charge in [-0.3, -0.25) is 4.79 Å². The van der Waals surface area contributed by atoms with Crippen LogP contribution in [0.15, 0.2) is 30.3 Å². The van der Waals surface area contributed by atoms with Gasteiger partial charge in [0.1, 0.15) is 12.6 Å². The van der Waals surface area contributed by atoms with Crippen molar-refractivity contribution in [1.82, 2.24) is 4.90 Å². The van der Waals surface area contributed by atoms with E-state index in [0.717, 1.165) is 18.4 Å². The maximum Gasteiger partial charge on any atom is 0.325 e. The van der Waals surface area contributed by atoms with Gasteiger partial charge in [-0.15, -0.1) is 0 Å². The van der Waals surface area contributed by atoms with E-state index in [0.29, 0.717) is 13.2 Å². The van der Waals surface area contributed by atoms with Gasteiger partial charge in [-0.2, -0.15) is 0 Å². The standard InChI is InChI=1S/C15H16Cl3NO3/c16-15(17,18)14(10-21-9-11-5-2-1-3-6-11)19-8-4-7-12(19)13(20)22-14/h1-3,5-6,12H,4,7-10H2. The lowest BCUT2D eigenvalue weighted by Crippen LogP contribution is -2.58. The largest absolute Gasteiger partial charge is 0.435 e. The summed E-state index contributed by atoms with van der Waals surface area (Å²) in [4.78, 5) is 13.9. The molecule has 0 aromatic heterocycles. The average Bonchev–Trinajstić information content (AvgIpc) is 3.04. The zero-order valence-electron chi connectivity index (χ0n) is 11.8. The van der Waals surface area contributed by atoms with E-state index in [4.69, 9.17) is 44.3 Å². The van der Waals surface area contributed by atoms with Crippen LogP contribution in [-0.4, -0.2) is 39.6 Å². The van der Waals surface area contributed by atoms with Crippen molar-refractivity contribution in [3.8, 4) is 0 Å². The molecule has 0 radical (unpaired) electrons. The van der Waals surface area contributed by atoms with Crippen LogP contribution in [0.4, 0.5) is 0 Å². The van der Waals surface area contributed by atoms with Crippen molar-refractivity contribution in [2.75, 3.05) is 13.2 Å². The normalized spacial score (nSPS) is 28.7. The van der Waals surface area contributed by atoms with E-state index in [1.165, 1.54) is 0 Å². The summed E-state index contributed by atoms with van der Waals surface area (Å²) in [6, 6.07) is 9.34. The molecule has 2 unspecified atom stereocenters. The van der Waals surface area contributed by atoms with Crippen molar-refractivity contribution in [1.29, 1.82) is 0 Å². The number of hydrogen-bond donors (Lipinski definition) is 0. The first-order valence-corrected chi connectivity index (χ1v) is 8.25. The lowest BCUT2D eigenvalue weighted by atomic mass is 10.2. The highest BCUT2D eigenvalue weighted by Gasteiger charge is 2.65. The first-order chi connectivity index (χ1) is 10.4. The fraction of sp³-hybridized carbons (Fsp3) is 0.533. The fourth-order valence-electron chi connectivity index (χ4n) is 3.03. The number of ether oxygens (including phenoxy) is 2. The number of cyclic esters (lactones) is 1. The van der Waals surface area contributed by atoms with Crippen molar-refractivity contribution in [2.45, 2.75) is 35.0 Å². The predicted octanol–water partition coefficient (Wildman–Crippen LogP) is 3.29. The number of halogens is 3. The Morgan fingerprint density at radius 3 is 2.73 bits per heavy atom. The Balaban J connectivity index is 1.75. The number of nitrogens with zero attached hydrogens (tertiary/aromatic N) is 1. The molecule has 1 aromatic carbocycles. The number of esters is 1. The van der Waals surface area contributed by atoms with E-state index >= 15 is 0 Å². The van der Waals surface area contributed by atoms with Crippen molar-refractivity contribution < 1.29 is 14.3 Å². The van der Waals surface area contributed by atoms with Crippen LogP contribution in [0.25, 0.3) is 0 Å². The average molecular weight is 365 g/mol. The molecule has 2 atom stereocenters. The molecule has 3 rings (SSSR count). The highest BCUT2D eigenvalue weighted by molar-refractivity contribution is 6.68. The third-order valence-electron chi connectivity index (χ3n) is 4.11. The van der Waals surface area contributed by atoms with Crippen LogP contribution in [0, 0.1) is 0 Å². The van der Waals surface area contributed by atoms with E-state index in [2.05, 4.69) is 0 Å². The molecular weight excluding hydrogens is 349 g/mol.